The Morgan fingerprint density at radius 3 is 2.47 bits per heavy atom. The summed E-state index contributed by atoms with van der Waals surface area (Å²) in [5, 5.41) is 0. The van der Waals surface area contributed by atoms with Gasteiger partial charge in [-0.3, -0.25) is 4.84 Å². The Hall–Kier alpha value is -0.910. The molecule has 1 aromatic rings. The second-order valence-electron chi connectivity index (χ2n) is 2.84. The lowest BCUT2D eigenvalue weighted by atomic mass is 10.2. The highest BCUT2D eigenvalue weighted by atomic mass is 32.2. The van der Waals surface area contributed by atoms with Crippen LogP contribution in [0.3, 0.4) is 0 Å². The number of methoxy groups -OCH3 is 2. The minimum Gasteiger partial charge on any atom is -0.493 e. The summed E-state index contributed by atoms with van der Waals surface area (Å²) < 4.78 is 10.5. The van der Waals surface area contributed by atoms with Gasteiger partial charge < -0.3 is 9.47 Å². The van der Waals surface area contributed by atoms with E-state index in [-0.39, 0.29) is 0 Å². The summed E-state index contributed by atoms with van der Waals surface area (Å²) >= 11 is 1.59. The SMILES string of the molecule is COc1cc(CON)cc(SC)c1OC. The molecule has 0 radical (unpaired) electrons. The zero-order valence-electron chi connectivity index (χ0n) is 9.07. The molecular formula is C10H15NO3S. The molecule has 5 heteroatoms. The van der Waals surface area contributed by atoms with E-state index >= 15 is 0 Å². The van der Waals surface area contributed by atoms with Crippen LogP contribution >= 0.6 is 11.8 Å². The lowest BCUT2D eigenvalue weighted by Crippen LogP contribution is -2.01. The van der Waals surface area contributed by atoms with Crippen molar-refractivity contribution in [3.63, 3.8) is 0 Å². The van der Waals surface area contributed by atoms with Crippen molar-refractivity contribution in [3.8, 4) is 11.5 Å². The van der Waals surface area contributed by atoms with Crippen LogP contribution in [-0.2, 0) is 11.4 Å². The van der Waals surface area contributed by atoms with Crippen LogP contribution in [0.15, 0.2) is 17.0 Å². The van der Waals surface area contributed by atoms with Crippen molar-refractivity contribution in [2.75, 3.05) is 20.5 Å². The van der Waals surface area contributed by atoms with Gasteiger partial charge in [0.15, 0.2) is 11.5 Å². The number of ether oxygens (including phenoxy) is 2. The van der Waals surface area contributed by atoms with Gasteiger partial charge in [-0.25, -0.2) is 5.90 Å². The predicted octanol–water partition coefficient (Wildman–Crippen LogP) is 1.82. The largest absolute Gasteiger partial charge is 0.493 e. The molecule has 0 saturated carbocycles. The summed E-state index contributed by atoms with van der Waals surface area (Å²) in [5.41, 5.74) is 0.958. The second-order valence-corrected chi connectivity index (χ2v) is 3.69. The van der Waals surface area contributed by atoms with E-state index in [9.17, 15) is 0 Å². The third-order valence-electron chi connectivity index (χ3n) is 1.97. The Kier molecular flexibility index (Phi) is 4.74. The Bertz CT molecular complexity index is 305. The van der Waals surface area contributed by atoms with Gasteiger partial charge in [0, 0.05) is 0 Å². The van der Waals surface area contributed by atoms with Gasteiger partial charge >= 0.3 is 0 Å². The van der Waals surface area contributed by atoms with Gasteiger partial charge in [-0.05, 0) is 24.0 Å². The Balaban J connectivity index is 3.16. The van der Waals surface area contributed by atoms with E-state index in [2.05, 4.69) is 4.84 Å². The Labute approximate surface area is 93.6 Å². The van der Waals surface area contributed by atoms with E-state index in [4.69, 9.17) is 15.4 Å². The van der Waals surface area contributed by atoms with Crippen LogP contribution in [0.5, 0.6) is 11.5 Å². The van der Waals surface area contributed by atoms with Gasteiger partial charge in [-0.2, -0.15) is 0 Å². The average Bonchev–Trinajstić information content (AvgIpc) is 2.28. The van der Waals surface area contributed by atoms with Gasteiger partial charge in [0.2, 0.25) is 0 Å². The molecule has 1 aromatic carbocycles. The zero-order valence-corrected chi connectivity index (χ0v) is 9.89. The number of rotatable bonds is 5. The lowest BCUT2D eigenvalue weighted by molar-refractivity contribution is 0.123. The van der Waals surface area contributed by atoms with Crippen molar-refractivity contribution in [2.45, 2.75) is 11.5 Å². The zero-order chi connectivity index (χ0) is 11.3. The molecule has 0 aliphatic heterocycles. The molecule has 0 saturated heterocycles. The summed E-state index contributed by atoms with van der Waals surface area (Å²) in [4.78, 5) is 5.60. The standard InChI is InChI=1S/C10H15NO3S/c1-12-8-4-7(6-14-11)5-9(15-3)10(8)13-2/h4-5H,6,11H2,1-3H3. The first-order chi connectivity index (χ1) is 7.26. The molecule has 0 bridgehead atoms. The molecule has 2 N–H and O–H groups in total. The highest BCUT2D eigenvalue weighted by molar-refractivity contribution is 7.98. The molecule has 0 aliphatic carbocycles. The maximum absolute atomic E-state index is 5.27. The summed E-state index contributed by atoms with van der Waals surface area (Å²) in [5.74, 6) is 6.47. The minimum atomic E-state index is 0.355. The van der Waals surface area contributed by atoms with Crippen LogP contribution in [0.2, 0.25) is 0 Å². The topological polar surface area (TPSA) is 53.7 Å². The van der Waals surface area contributed by atoms with Gasteiger partial charge in [0.1, 0.15) is 0 Å². The van der Waals surface area contributed by atoms with Crippen LogP contribution in [-0.4, -0.2) is 20.5 Å². The van der Waals surface area contributed by atoms with E-state index < -0.39 is 0 Å². The number of hydrogen-bond acceptors (Lipinski definition) is 5. The van der Waals surface area contributed by atoms with E-state index in [0.717, 1.165) is 16.2 Å². The van der Waals surface area contributed by atoms with Gasteiger partial charge in [0.25, 0.3) is 0 Å². The Morgan fingerprint density at radius 1 is 1.27 bits per heavy atom. The fourth-order valence-corrected chi connectivity index (χ4v) is 1.95. The number of hydrogen-bond donors (Lipinski definition) is 1. The van der Waals surface area contributed by atoms with Crippen molar-refractivity contribution >= 4 is 11.8 Å². The van der Waals surface area contributed by atoms with Gasteiger partial charge in [0.05, 0.1) is 25.7 Å². The van der Waals surface area contributed by atoms with Crippen molar-refractivity contribution in [1.82, 2.24) is 0 Å². The highest BCUT2D eigenvalue weighted by Crippen LogP contribution is 2.37. The third-order valence-corrected chi connectivity index (χ3v) is 2.72. The first kappa shape index (κ1) is 12.2. The average molecular weight is 229 g/mol. The fraction of sp³-hybridized carbons (Fsp3) is 0.400. The van der Waals surface area contributed by atoms with E-state index in [1.807, 2.05) is 18.4 Å². The summed E-state index contributed by atoms with van der Waals surface area (Å²) in [6, 6.07) is 3.82. The molecule has 15 heavy (non-hydrogen) atoms. The molecule has 1 rings (SSSR count). The number of benzene rings is 1. The summed E-state index contributed by atoms with van der Waals surface area (Å²) in [7, 11) is 3.23. The highest BCUT2D eigenvalue weighted by Gasteiger charge is 2.11. The molecule has 0 unspecified atom stereocenters. The van der Waals surface area contributed by atoms with Gasteiger partial charge in [-0.15, -0.1) is 11.8 Å². The summed E-state index contributed by atoms with van der Waals surface area (Å²) in [6.07, 6.45) is 1.98. The molecular weight excluding hydrogens is 214 g/mol. The van der Waals surface area contributed by atoms with Gasteiger partial charge in [-0.1, -0.05) is 0 Å². The van der Waals surface area contributed by atoms with Crippen molar-refractivity contribution in [3.05, 3.63) is 17.7 Å². The van der Waals surface area contributed by atoms with E-state index in [1.54, 1.807) is 26.0 Å². The van der Waals surface area contributed by atoms with Crippen LogP contribution in [0.25, 0.3) is 0 Å². The normalized spacial score (nSPS) is 10.1. The maximum atomic E-state index is 5.27. The molecule has 84 valence electrons. The van der Waals surface area contributed by atoms with Crippen LogP contribution in [0.4, 0.5) is 0 Å². The molecule has 0 fully saturated rings. The molecule has 0 aromatic heterocycles. The van der Waals surface area contributed by atoms with E-state index in [1.165, 1.54) is 0 Å². The number of thioether (sulfide) groups is 1. The quantitative estimate of drug-likeness (QED) is 0.616. The first-order valence-electron chi connectivity index (χ1n) is 4.37. The first-order valence-corrected chi connectivity index (χ1v) is 5.59. The molecule has 0 aliphatic rings. The molecule has 0 amide bonds. The second kappa shape index (κ2) is 5.85. The Morgan fingerprint density at radius 2 is 2.00 bits per heavy atom. The molecule has 0 atom stereocenters. The maximum Gasteiger partial charge on any atom is 0.174 e. The predicted molar refractivity (Wildman–Crippen MR) is 60.3 cm³/mol. The monoisotopic (exact) mass is 229 g/mol. The minimum absolute atomic E-state index is 0.355. The lowest BCUT2D eigenvalue weighted by Gasteiger charge is -2.13. The van der Waals surface area contributed by atoms with Crippen LogP contribution in [0, 0.1) is 0 Å². The van der Waals surface area contributed by atoms with E-state index in [0.29, 0.717) is 12.4 Å². The van der Waals surface area contributed by atoms with Crippen LogP contribution < -0.4 is 15.4 Å². The third kappa shape index (κ3) is 2.77. The van der Waals surface area contributed by atoms with Crippen molar-refractivity contribution in [2.24, 2.45) is 5.90 Å². The molecule has 4 nitrogen and oxygen atoms in total. The smallest absolute Gasteiger partial charge is 0.174 e. The molecule has 0 heterocycles. The van der Waals surface area contributed by atoms with Crippen LogP contribution in [0.1, 0.15) is 5.56 Å². The summed E-state index contributed by atoms with van der Waals surface area (Å²) in [6.45, 7) is 0.355. The van der Waals surface area contributed by atoms with Crippen molar-refractivity contribution < 1.29 is 14.3 Å². The van der Waals surface area contributed by atoms with Crippen molar-refractivity contribution in [1.29, 1.82) is 0 Å². The fourth-order valence-electron chi connectivity index (χ4n) is 1.31. The number of nitrogens with two attached hydrogens (primary N) is 1. The molecule has 0 spiro atoms.